The highest BCUT2D eigenvalue weighted by atomic mass is 16.3. The smallest absolute Gasteiger partial charge is 0.227 e. The SMILES string of the molecule is [2H]C([2H])([2H])c1ccc2c(n1)oc1c(-c3nc4ccccc4n3-c3cccc4c5ccccc5c5cccnc5c34)cccc12. The number of furan rings is 1. The monoisotopic (exact) mass is 529 g/mol. The molecule has 192 valence electrons. The Morgan fingerprint density at radius 3 is 2.37 bits per heavy atom. The molecule has 41 heavy (non-hydrogen) atoms. The lowest BCUT2D eigenvalue weighted by Crippen LogP contribution is -2.00. The van der Waals surface area contributed by atoms with E-state index in [-0.39, 0.29) is 11.4 Å². The predicted octanol–water partition coefficient (Wildman–Crippen LogP) is 9.15. The van der Waals surface area contributed by atoms with Gasteiger partial charge in [-0.2, -0.15) is 0 Å². The molecule has 0 aliphatic heterocycles. The Hall–Kier alpha value is -5.55. The van der Waals surface area contributed by atoms with Crippen molar-refractivity contribution in [3.63, 3.8) is 0 Å². The van der Waals surface area contributed by atoms with Crippen molar-refractivity contribution < 1.29 is 8.53 Å². The summed E-state index contributed by atoms with van der Waals surface area (Å²) in [5, 5.41) is 7.15. The van der Waals surface area contributed by atoms with E-state index >= 15 is 0 Å². The van der Waals surface area contributed by atoms with E-state index in [0.717, 1.165) is 65.5 Å². The van der Waals surface area contributed by atoms with Gasteiger partial charge in [0, 0.05) is 37.5 Å². The van der Waals surface area contributed by atoms with Crippen molar-refractivity contribution in [3.05, 3.63) is 121 Å². The number of pyridine rings is 2. The molecule has 5 nitrogen and oxygen atoms in total. The van der Waals surface area contributed by atoms with Gasteiger partial charge < -0.3 is 4.42 Å². The van der Waals surface area contributed by atoms with E-state index in [2.05, 4.69) is 64.1 Å². The van der Waals surface area contributed by atoms with Crippen LogP contribution >= 0.6 is 0 Å². The van der Waals surface area contributed by atoms with Crippen LogP contribution in [-0.2, 0) is 0 Å². The maximum absolute atomic E-state index is 7.83. The molecule has 0 bridgehead atoms. The Balaban J connectivity index is 1.41. The van der Waals surface area contributed by atoms with E-state index in [4.69, 9.17) is 18.5 Å². The van der Waals surface area contributed by atoms with Gasteiger partial charge in [-0.3, -0.25) is 9.55 Å². The molecule has 9 rings (SSSR count). The molecule has 0 atom stereocenters. The van der Waals surface area contributed by atoms with Gasteiger partial charge >= 0.3 is 0 Å². The minimum atomic E-state index is -2.33. The predicted molar refractivity (Wildman–Crippen MR) is 167 cm³/mol. The molecule has 0 saturated carbocycles. The maximum atomic E-state index is 7.83. The average Bonchev–Trinajstić information content (AvgIpc) is 3.62. The van der Waals surface area contributed by atoms with Crippen molar-refractivity contribution in [2.45, 2.75) is 6.85 Å². The summed E-state index contributed by atoms with van der Waals surface area (Å²) in [5.74, 6) is 0.705. The Morgan fingerprint density at radius 2 is 1.44 bits per heavy atom. The first-order valence-electron chi connectivity index (χ1n) is 15.0. The number of fused-ring (bicyclic) bond motifs is 10. The third-order valence-electron chi connectivity index (χ3n) is 8.00. The minimum absolute atomic E-state index is 0.000190. The van der Waals surface area contributed by atoms with Gasteiger partial charge in [0.2, 0.25) is 5.71 Å². The van der Waals surface area contributed by atoms with E-state index in [1.54, 1.807) is 12.1 Å². The summed E-state index contributed by atoms with van der Waals surface area (Å²) >= 11 is 0. The molecule has 5 heteroatoms. The van der Waals surface area contributed by atoms with Crippen LogP contribution in [0.2, 0.25) is 0 Å². The van der Waals surface area contributed by atoms with Gasteiger partial charge in [0.15, 0.2) is 0 Å². The second-order valence-corrected chi connectivity index (χ2v) is 10.2. The van der Waals surface area contributed by atoms with Gasteiger partial charge in [-0.25, -0.2) is 9.97 Å². The first-order chi connectivity index (χ1) is 21.5. The summed E-state index contributed by atoms with van der Waals surface area (Å²) < 4.78 is 32.0. The molecule has 0 radical (unpaired) electrons. The molecule has 0 aliphatic carbocycles. The zero-order valence-corrected chi connectivity index (χ0v) is 21.7. The molecule has 0 aliphatic rings. The van der Waals surface area contributed by atoms with Crippen LogP contribution in [0.15, 0.2) is 120 Å². The van der Waals surface area contributed by atoms with Gasteiger partial charge in [0.25, 0.3) is 0 Å². The highest BCUT2D eigenvalue weighted by molar-refractivity contribution is 6.26. The second kappa shape index (κ2) is 8.23. The van der Waals surface area contributed by atoms with Gasteiger partial charge in [0.05, 0.1) is 27.8 Å². The van der Waals surface area contributed by atoms with Crippen molar-refractivity contribution in [3.8, 4) is 17.1 Å². The molecule has 0 amide bonds. The van der Waals surface area contributed by atoms with Crippen molar-refractivity contribution >= 4 is 65.6 Å². The van der Waals surface area contributed by atoms with E-state index in [1.807, 2.05) is 48.7 Å². The highest BCUT2D eigenvalue weighted by Crippen LogP contribution is 2.41. The molecule has 0 saturated heterocycles. The summed E-state index contributed by atoms with van der Waals surface area (Å²) in [4.78, 5) is 14.5. The Bertz CT molecular complexity index is 2570. The summed E-state index contributed by atoms with van der Waals surface area (Å²) in [6.07, 6.45) is 1.84. The fraction of sp³-hybridized carbons (Fsp3) is 0.0278. The van der Waals surface area contributed by atoms with E-state index in [9.17, 15) is 0 Å². The van der Waals surface area contributed by atoms with Crippen molar-refractivity contribution in [2.75, 3.05) is 0 Å². The van der Waals surface area contributed by atoms with Crippen LogP contribution in [0.4, 0.5) is 0 Å². The van der Waals surface area contributed by atoms with Crippen LogP contribution in [0.5, 0.6) is 0 Å². The van der Waals surface area contributed by atoms with Gasteiger partial charge in [0.1, 0.15) is 11.4 Å². The molecule has 0 spiro atoms. The van der Waals surface area contributed by atoms with Crippen LogP contribution in [0.25, 0.3) is 82.6 Å². The van der Waals surface area contributed by atoms with Crippen LogP contribution in [0, 0.1) is 6.85 Å². The number of imidazole rings is 1. The molecule has 9 aromatic rings. The standard InChI is InChI=1S/C36H22N4O/c1-21-18-19-27-26-12-6-13-28(34(26)41-36(27)38-21)35-39-29-15-4-5-16-30(29)40(35)31-17-7-11-24-22-9-2-3-10-23(22)25-14-8-20-37-33(25)32(24)31/h2-20H,1H3/i1D3. The summed E-state index contributed by atoms with van der Waals surface area (Å²) in [6, 6.07) is 36.3. The van der Waals surface area contributed by atoms with Crippen molar-refractivity contribution in [1.82, 2.24) is 19.5 Å². The zero-order chi connectivity index (χ0) is 29.6. The minimum Gasteiger partial charge on any atom is -0.437 e. The molecule has 0 N–H and O–H groups in total. The molecule has 0 fully saturated rings. The lowest BCUT2D eigenvalue weighted by molar-refractivity contribution is 0.653. The number of para-hydroxylation sites is 3. The Morgan fingerprint density at radius 1 is 0.659 bits per heavy atom. The first kappa shape index (κ1) is 19.5. The summed E-state index contributed by atoms with van der Waals surface area (Å²) in [5.41, 5.74) is 5.33. The lowest BCUT2D eigenvalue weighted by atomic mass is 9.96. The zero-order valence-electron chi connectivity index (χ0n) is 24.7. The third-order valence-corrected chi connectivity index (χ3v) is 8.00. The number of nitrogens with zero attached hydrogens (tertiary/aromatic N) is 4. The molecular weight excluding hydrogens is 504 g/mol. The van der Waals surface area contributed by atoms with E-state index in [1.165, 1.54) is 0 Å². The van der Waals surface area contributed by atoms with Gasteiger partial charge in [-0.05, 0) is 65.5 Å². The molecular formula is C36H22N4O. The van der Waals surface area contributed by atoms with Crippen LogP contribution < -0.4 is 0 Å². The number of hydrogen-bond donors (Lipinski definition) is 0. The Labute approximate surface area is 238 Å². The van der Waals surface area contributed by atoms with Crippen molar-refractivity contribution in [1.29, 1.82) is 0 Å². The van der Waals surface area contributed by atoms with Gasteiger partial charge in [-0.1, -0.05) is 66.7 Å². The molecule has 0 unspecified atom stereocenters. The summed E-state index contributed by atoms with van der Waals surface area (Å²) in [7, 11) is 0. The van der Waals surface area contributed by atoms with Crippen LogP contribution in [0.3, 0.4) is 0 Å². The van der Waals surface area contributed by atoms with E-state index in [0.29, 0.717) is 11.4 Å². The number of benzene rings is 5. The first-order valence-corrected chi connectivity index (χ1v) is 13.5. The maximum Gasteiger partial charge on any atom is 0.227 e. The third kappa shape index (κ3) is 3.08. The quantitative estimate of drug-likeness (QED) is 0.210. The topological polar surface area (TPSA) is 56.7 Å². The largest absolute Gasteiger partial charge is 0.437 e. The molecule has 4 aromatic heterocycles. The number of aromatic nitrogens is 4. The fourth-order valence-electron chi connectivity index (χ4n) is 6.28. The summed E-state index contributed by atoms with van der Waals surface area (Å²) in [6.45, 7) is -2.33. The number of aryl methyl sites for hydroxylation is 1. The molecule has 4 heterocycles. The van der Waals surface area contributed by atoms with Crippen LogP contribution in [0.1, 0.15) is 9.81 Å². The van der Waals surface area contributed by atoms with E-state index < -0.39 is 6.85 Å². The highest BCUT2D eigenvalue weighted by Gasteiger charge is 2.22. The van der Waals surface area contributed by atoms with Crippen LogP contribution in [-0.4, -0.2) is 19.5 Å². The number of hydrogen-bond acceptors (Lipinski definition) is 4. The lowest BCUT2D eigenvalue weighted by Gasteiger charge is -2.16. The normalized spacial score (nSPS) is 13.4. The number of rotatable bonds is 2. The fourth-order valence-corrected chi connectivity index (χ4v) is 6.28. The van der Waals surface area contributed by atoms with Crippen molar-refractivity contribution in [2.24, 2.45) is 0 Å². The average molecular weight is 530 g/mol. The Kier molecular flexibility index (Phi) is 3.91. The second-order valence-electron chi connectivity index (χ2n) is 10.2. The molecule has 5 aromatic carbocycles. The van der Waals surface area contributed by atoms with Gasteiger partial charge in [-0.15, -0.1) is 0 Å².